The summed E-state index contributed by atoms with van der Waals surface area (Å²) in [6.45, 7) is 2.17. The molecule has 0 radical (unpaired) electrons. The van der Waals surface area contributed by atoms with E-state index in [9.17, 15) is 0 Å². The van der Waals surface area contributed by atoms with Gasteiger partial charge in [-0.1, -0.05) is 158 Å². The van der Waals surface area contributed by atoms with Crippen molar-refractivity contribution in [2.75, 3.05) is 0 Å². The molecule has 0 atom stereocenters. The minimum absolute atomic E-state index is 0.746. The molecule has 0 saturated heterocycles. The maximum atomic E-state index is 5.34. The summed E-state index contributed by atoms with van der Waals surface area (Å²) in [7, 11) is 0. The van der Waals surface area contributed by atoms with Crippen molar-refractivity contribution in [2.45, 2.75) is 26.2 Å². The van der Waals surface area contributed by atoms with Crippen molar-refractivity contribution in [2.24, 2.45) is 0 Å². The number of allylic oxidation sites excluding steroid dienone is 10. The molecule has 10 rings (SSSR count). The van der Waals surface area contributed by atoms with E-state index >= 15 is 0 Å². The third kappa shape index (κ3) is 7.01. The molecular weight excluding hydrogens is 705 g/mol. The lowest BCUT2D eigenvalue weighted by Crippen LogP contribution is -2.00. The molecule has 4 heteroatoms. The lowest BCUT2D eigenvalue weighted by Gasteiger charge is -2.13. The van der Waals surface area contributed by atoms with Crippen LogP contribution in [0.15, 0.2) is 188 Å². The van der Waals surface area contributed by atoms with E-state index in [2.05, 4.69) is 183 Å². The summed E-state index contributed by atoms with van der Waals surface area (Å²) in [5, 5.41) is 2.20. The van der Waals surface area contributed by atoms with Crippen LogP contribution < -0.4 is 0 Å². The fraction of sp³-hybridized carbons (Fsp3) is 0.0741. The van der Waals surface area contributed by atoms with Crippen LogP contribution in [0.5, 0.6) is 0 Å². The number of nitrogens with zero attached hydrogens (tertiary/aromatic N) is 4. The first kappa shape index (κ1) is 35.1. The van der Waals surface area contributed by atoms with Gasteiger partial charge in [-0.3, -0.25) is 0 Å². The van der Waals surface area contributed by atoms with Crippen LogP contribution in [0.3, 0.4) is 0 Å². The van der Waals surface area contributed by atoms with Crippen molar-refractivity contribution in [3.63, 3.8) is 0 Å². The molecular formula is C54H40N4. The molecule has 0 saturated carbocycles. The highest BCUT2D eigenvalue weighted by Crippen LogP contribution is 2.34. The lowest BCUT2D eigenvalue weighted by atomic mass is 9.97. The van der Waals surface area contributed by atoms with Gasteiger partial charge < -0.3 is 0 Å². The van der Waals surface area contributed by atoms with E-state index in [1.54, 1.807) is 0 Å². The van der Waals surface area contributed by atoms with Crippen LogP contribution in [0.25, 0.3) is 83.4 Å². The topological polar surface area (TPSA) is 51.6 Å². The minimum atomic E-state index is 0.746. The van der Waals surface area contributed by atoms with Crippen LogP contribution >= 0.6 is 0 Å². The number of aromatic nitrogens is 4. The molecule has 0 N–H and O–H groups in total. The summed E-state index contributed by atoms with van der Waals surface area (Å²) in [6.07, 6.45) is 18.4. The van der Waals surface area contributed by atoms with Gasteiger partial charge in [-0.15, -0.1) is 0 Å². The average molecular weight is 745 g/mol. The number of rotatable bonds is 7. The van der Waals surface area contributed by atoms with Gasteiger partial charge in [-0.25, -0.2) is 19.9 Å². The summed E-state index contributed by atoms with van der Waals surface area (Å²) < 4.78 is 0. The number of aryl methyl sites for hydroxylation is 1. The first-order valence-corrected chi connectivity index (χ1v) is 20.0. The summed E-state index contributed by atoms with van der Waals surface area (Å²) in [6, 6.07) is 51.1. The molecule has 0 unspecified atom stereocenters. The fourth-order valence-corrected chi connectivity index (χ4v) is 7.95. The molecule has 4 nitrogen and oxygen atoms in total. The van der Waals surface area contributed by atoms with Gasteiger partial charge in [-0.2, -0.15) is 0 Å². The SMILES string of the molecule is Cc1cc(C2=CCC=CC(c3cccc(-c4cc(-c5ccc(-c6ccccc6)cc5)nc(C5=CCCC=C5)n4)c3)=C2)nc2c1ccc1ccc(-c3ccccc3)nc12. The molecule has 5 aromatic carbocycles. The third-order valence-electron chi connectivity index (χ3n) is 11.1. The van der Waals surface area contributed by atoms with Gasteiger partial charge in [0.25, 0.3) is 0 Å². The van der Waals surface area contributed by atoms with E-state index in [0.29, 0.717) is 0 Å². The summed E-state index contributed by atoms with van der Waals surface area (Å²) >= 11 is 0. The number of pyridine rings is 2. The van der Waals surface area contributed by atoms with Crippen molar-refractivity contribution in [1.82, 2.24) is 19.9 Å². The van der Waals surface area contributed by atoms with E-state index in [-0.39, 0.29) is 0 Å². The average Bonchev–Trinajstić information content (AvgIpc) is 3.56. The van der Waals surface area contributed by atoms with Crippen molar-refractivity contribution in [3.05, 3.63) is 211 Å². The molecule has 0 bridgehead atoms. The highest BCUT2D eigenvalue weighted by molar-refractivity contribution is 6.05. The number of hydrogen-bond acceptors (Lipinski definition) is 4. The maximum Gasteiger partial charge on any atom is 0.160 e. The summed E-state index contributed by atoms with van der Waals surface area (Å²) in [5.41, 5.74) is 16.7. The van der Waals surface area contributed by atoms with Crippen molar-refractivity contribution in [3.8, 4) is 44.9 Å². The van der Waals surface area contributed by atoms with Crippen LogP contribution in [-0.4, -0.2) is 19.9 Å². The smallest absolute Gasteiger partial charge is 0.160 e. The Hall–Kier alpha value is -7.30. The number of hydrogen-bond donors (Lipinski definition) is 0. The van der Waals surface area contributed by atoms with Gasteiger partial charge in [0.05, 0.1) is 33.8 Å². The molecule has 3 aromatic heterocycles. The zero-order valence-corrected chi connectivity index (χ0v) is 32.3. The fourth-order valence-electron chi connectivity index (χ4n) is 7.95. The van der Waals surface area contributed by atoms with E-state index < -0.39 is 0 Å². The Kier molecular flexibility index (Phi) is 9.28. The second-order valence-electron chi connectivity index (χ2n) is 14.9. The molecule has 0 amide bonds. The molecule has 2 aliphatic carbocycles. The van der Waals surface area contributed by atoms with Gasteiger partial charge in [0.1, 0.15) is 0 Å². The Balaban J connectivity index is 1.03. The zero-order valence-electron chi connectivity index (χ0n) is 32.3. The van der Waals surface area contributed by atoms with Gasteiger partial charge in [0, 0.05) is 33.0 Å². The standard InChI is InChI=1S/C54H40N4/c1-36-32-49(56-53-47(36)30-28-41-29-31-48(55-52(41)53)39-16-7-3-8-17-39)45-21-12-11-20-43(33-45)44-22-13-23-46(34-44)51-35-50(57-54(58-51)42-18-9-4-10-19-42)40-26-24-38(25-27-40)37-14-5-2-6-15-37/h2-3,5-9,11,13-35H,4,10,12H2,1H3. The molecule has 0 fully saturated rings. The van der Waals surface area contributed by atoms with E-state index in [1.165, 1.54) is 16.7 Å². The summed E-state index contributed by atoms with van der Waals surface area (Å²) in [5.74, 6) is 0.746. The molecule has 8 aromatic rings. The Morgan fingerprint density at radius 3 is 1.86 bits per heavy atom. The minimum Gasteiger partial charge on any atom is -0.245 e. The van der Waals surface area contributed by atoms with E-state index in [1.807, 2.05) is 12.1 Å². The van der Waals surface area contributed by atoms with Gasteiger partial charge >= 0.3 is 0 Å². The quantitative estimate of drug-likeness (QED) is 0.153. The summed E-state index contributed by atoms with van der Waals surface area (Å²) in [4.78, 5) is 20.8. The van der Waals surface area contributed by atoms with Gasteiger partial charge in [0.2, 0.25) is 0 Å². The van der Waals surface area contributed by atoms with Crippen molar-refractivity contribution in [1.29, 1.82) is 0 Å². The van der Waals surface area contributed by atoms with Crippen molar-refractivity contribution < 1.29 is 0 Å². The monoisotopic (exact) mass is 744 g/mol. The molecule has 0 aliphatic heterocycles. The largest absolute Gasteiger partial charge is 0.245 e. The predicted molar refractivity (Wildman–Crippen MR) is 242 cm³/mol. The van der Waals surface area contributed by atoms with E-state index in [0.717, 1.165) is 109 Å². The first-order chi connectivity index (χ1) is 28.6. The molecule has 0 spiro atoms. The Morgan fingerprint density at radius 1 is 0.414 bits per heavy atom. The van der Waals surface area contributed by atoms with Crippen LogP contribution in [0.2, 0.25) is 0 Å². The molecule has 58 heavy (non-hydrogen) atoms. The Morgan fingerprint density at radius 2 is 1.07 bits per heavy atom. The zero-order chi connectivity index (χ0) is 38.8. The number of benzene rings is 5. The lowest BCUT2D eigenvalue weighted by molar-refractivity contribution is 1.03. The van der Waals surface area contributed by atoms with Crippen LogP contribution in [0.1, 0.15) is 41.9 Å². The second kappa shape index (κ2) is 15.3. The second-order valence-corrected chi connectivity index (χ2v) is 14.9. The molecule has 3 heterocycles. The normalized spacial score (nSPS) is 13.9. The van der Waals surface area contributed by atoms with Gasteiger partial charge in [-0.05, 0) is 89.9 Å². The van der Waals surface area contributed by atoms with E-state index in [4.69, 9.17) is 19.9 Å². The predicted octanol–water partition coefficient (Wildman–Crippen LogP) is 13.7. The van der Waals surface area contributed by atoms with Crippen LogP contribution in [0, 0.1) is 6.92 Å². The number of fused-ring (bicyclic) bond motifs is 3. The van der Waals surface area contributed by atoms with Crippen LogP contribution in [-0.2, 0) is 0 Å². The Bertz CT molecular complexity index is 3010. The highest BCUT2D eigenvalue weighted by Gasteiger charge is 2.16. The molecule has 2 aliphatic rings. The maximum absolute atomic E-state index is 5.34. The highest BCUT2D eigenvalue weighted by atomic mass is 14.9. The molecule has 276 valence electrons. The Labute approximate surface area is 339 Å². The third-order valence-corrected chi connectivity index (χ3v) is 11.1. The van der Waals surface area contributed by atoms with Crippen LogP contribution in [0.4, 0.5) is 0 Å². The van der Waals surface area contributed by atoms with Gasteiger partial charge in [0.15, 0.2) is 5.82 Å². The first-order valence-electron chi connectivity index (χ1n) is 20.0. The van der Waals surface area contributed by atoms with Crippen molar-refractivity contribution >= 4 is 38.5 Å².